The zero-order valence-electron chi connectivity index (χ0n) is 10.6. The highest BCUT2D eigenvalue weighted by Crippen LogP contribution is 2.08. The van der Waals surface area contributed by atoms with E-state index in [4.69, 9.17) is 0 Å². The Labute approximate surface area is 114 Å². The fourth-order valence-electron chi connectivity index (χ4n) is 1.67. The van der Waals surface area contributed by atoms with E-state index in [0.29, 0.717) is 29.2 Å². The van der Waals surface area contributed by atoms with Gasteiger partial charge in [0.2, 0.25) is 0 Å². The van der Waals surface area contributed by atoms with Crippen LogP contribution in [0.5, 0.6) is 0 Å². The molecule has 0 aliphatic carbocycles. The predicted molar refractivity (Wildman–Crippen MR) is 72.3 cm³/mol. The number of ketones is 1. The highest BCUT2D eigenvalue weighted by molar-refractivity contribution is 7.07. The molecule has 1 amide bonds. The summed E-state index contributed by atoms with van der Waals surface area (Å²) in [5.74, 6) is -0.237. The first-order valence-electron chi connectivity index (χ1n) is 5.72. The third kappa shape index (κ3) is 3.23. The standard InChI is InChI=1S/C13H13N3O2S/c1-8-11(9(2)17)4-3-10(16-8)5-14-13(18)12-6-19-7-15-12/h3-4,6-7H,5H2,1-2H3,(H,14,18). The maximum Gasteiger partial charge on any atom is 0.271 e. The summed E-state index contributed by atoms with van der Waals surface area (Å²) in [5, 5.41) is 4.42. The third-order valence-corrected chi connectivity index (χ3v) is 3.20. The lowest BCUT2D eigenvalue weighted by Crippen LogP contribution is -2.23. The Kier molecular flexibility index (Phi) is 4.01. The van der Waals surface area contributed by atoms with Crippen molar-refractivity contribution in [3.63, 3.8) is 0 Å². The van der Waals surface area contributed by atoms with Crippen LogP contribution < -0.4 is 5.32 Å². The molecule has 0 aromatic carbocycles. The number of Topliss-reactive ketones (excluding diaryl/α,β-unsaturated/α-hetero) is 1. The minimum absolute atomic E-state index is 0.0111. The summed E-state index contributed by atoms with van der Waals surface area (Å²) in [5.41, 5.74) is 4.01. The van der Waals surface area contributed by atoms with Crippen molar-refractivity contribution in [2.24, 2.45) is 0 Å². The van der Waals surface area contributed by atoms with Crippen LogP contribution in [0.3, 0.4) is 0 Å². The molecule has 0 radical (unpaired) electrons. The summed E-state index contributed by atoms with van der Waals surface area (Å²) in [6, 6.07) is 3.47. The number of aryl methyl sites for hydroxylation is 1. The van der Waals surface area contributed by atoms with Gasteiger partial charge in [-0.3, -0.25) is 14.6 Å². The lowest BCUT2D eigenvalue weighted by molar-refractivity contribution is 0.0944. The Balaban J connectivity index is 2.02. The fraction of sp³-hybridized carbons (Fsp3) is 0.231. The van der Waals surface area contributed by atoms with Crippen molar-refractivity contribution in [1.29, 1.82) is 0 Å². The Morgan fingerprint density at radius 2 is 2.16 bits per heavy atom. The maximum absolute atomic E-state index is 11.7. The molecule has 0 unspecified atom stereocenters. The molecule has 2 aromatic heterocycles. The number of carbonyl (C=O) groups is 2. The van der Waals surface area contributed by atoms with E-state index in [9.17, 15) is 9.59 Å². The molecule has 2 rings (SSSR count). The molecule has 5 nitrogen and oxygen atoms in total. The highest BCUT2D eigenvalue weighted by atomic mass is 32.1. The molecule has 0 saturated heterocycles. The number of hydrogen-bond acceptors (Lipinski definition) is 5. The van der Waals surface area contributed by atoms with Crippen molar-refractivity contribution in [3.05, 3.63) is 45.7 Å². The van der Waals surface area contributed by atoms with Crippen LogP contribution in [0.25, 0.3) is 0 Å². The van der Waals surface area contributed by atoms with Gasteiger partial charge < -0.3 is 5.32 Å². The Bertz CT molecular complexity index is 608. The van der Waals surface area contributed by atoms with E-state index >= 15 is 0 Å². The number of rotatable bonds is 4. The van der Waals surface area contributed by atoms with Gasteiger partial charge in [0.05, 0.1) is 17.7 Å². The van der Waals surface area contributed by atoms with Gasteiger partial charge >= 0.3 is 0 Å². The number of thiazole rings is 1. The zero-order valence-corrected chi connectivity index (χ0v) is 11.5. The van der Waals surface area contributed by atoms with Crippen molar-refractivity contribution in [2.45, 2.75) is 20.4 Å². The van der Waals surface area contributed by atoms with E-state index in [1.54, 1.807) is 29.9 Å². The Morgan fingerprint density at radius 1 is 1.37 bits per heavy atom. The highest BCUT2D eigenvalue weighted by Gasteiger charge is 2.09. The second-order valence-electron chi connectivity index (χ2n) is 4.05. The summed E-state index contributed by atoms with van der Waals surface area (Å²) in [6.07, 6.45) is 0. The smallest absolute Gasteiger partial charge is 0.271 e. The van der Waals surface area contributed by atoms with E-state index in [1.807, 2.05) is 0 Å². The molecule has 1 N–H and O–H groups in total. The first-order chi connectivity index (χ1) is 9.08. The van der Waals surface area contributed by atoms with Crippen molar-refractivity contribution in [2.75, 3.05) is 0 Å². The predicted octanol–water partition coefficient (Wildman–Crippen LogP) is 1.98. The van der Waals surface area contributed by atoms with Crippen molar-refractivity contribution >= 4 is 23.0 Å². The fourth-order valence-corrected chi connectivity index (χ4v) is 2.20. The monoisotopic (exact) mass is 275 g/mol. The largest absolute Gasteiger partial charge is 0.345 e. The lowest BCUT2D eigenvalue weighted by atomic mass is 10.1. The minimum Gasteiger partial charge on any atom is -0.345 e. The average Bonchev–Trinajstić information content (AvgIpc) is 2.89. The molecule has 2 aromatic rings. The van der Waals surface area contributed by atoms with E-state index < -0.39 is 0 Å². The molecule has 0 spiro atoms. The van der Waals surface area contributed by atoms with Crippen LogP contribution in [0, 0.1) is 6.92 Å². The summed E-state index contributed by atoms with van der Waals surface area (Å²) in [6.45, 7) is 3.60. The Hall–Kier alpha value is -2.08. The number of amides is 1. The molecule has 0 atom stereocenters. The van der Waals surface area contributed by atoms with Gasteiger partial charge in [0.15, 0.2) is 5.78 Å². The van der Waals surface area contributed by atoms with Gasteiger partial charge in [-0.05, 0) is 26.0 Å². The minimum atomic E-state index is -0.226. The molecule has 0 fully saturated rings. The first kappa shape index (κ1) is 13.4. The van der Waals surface area contributed by atoms with Crippen LogP contribution >= 0.6 is 11.3 Å². The molecule has 98 valence electrons. The molecule has 0 aliphatic heterocycles. The first-order valence-corrected chi connectivity index (χ1v) is 6.66. The molecule has 0 aliphatic rings. The van der Waals surface area contributed by atoms with Gasteiger partial charge in [-0.25, -0.2) is 4.98 Å². The molecule has 2 heterocycles. The van der Waals surface area contributed by atoms with Crippen molar-refractivity contribution < 1.29 is 9.59 Å². The normalized spacial score (nSPS) is 10.2. The molecular weight excluding hydrogens is 262 g/mol. The molecular formula is C13H13N3O2S. The van der Waals surface area contributed by atoms with E-state index in [1.165, 1.54) is 18.3 Å². The number of nitrogens with zero attached hydrogens (tertiary/aromatic N) is 2. The summed E-state index contributed by atoms with van der Waals surface area (Å²) < 4.78 is 0. The molecule has 19 heavy (non-hydrogen) atoms. The van der Waals surface area contributed by atoms with Crippen LogP contribution in [-0.2, 0) is 6.54 Å². The average molecular weight is 275 g/mol. The number of carbonyl (C=O) groups excluding carboxylic acids is 2. The second kappa shape index (κ2) is 5.71. The van der Waals surface area contributed by atoms with Gasteiger partial charge in [-0.2, -0.15) is 0 Å². The summed E-state index contributed by atoms with van der Waals surface area (Å²) in [4.78, 5) is 31.2. The number of aromatic nitrogens is 2. The maximum atomic E-state index is 11.7. The summed E-state index contributed by atoms with van der Waals surface area (Å²) in [7, 11) is 0. The second-order valence-corrected chi connectivity index (χ2v) is 4.77. The zero-order chi connectivity index (χ0) is 13.8. The molecule has 0 bridgehead atoms. The summed E-state index contributed by atoms with van der Waals surface area (Å²) >= 11 is 1.37. The third-order valence-electron chi connectivity index (χ3n) is 2.62. The van der Waals surface area contributed by atoms with Gasteiger partial charge in [0, 0.05) is 16.6 Å². The van der Waals surface area contributed by atoms with Crippen molar-refractivity contribution in [1.82, 2.24) is 15.3 Å². The van der Waals surface area contributed by atoms with Crippen LogP contribution in [0.2, 0.25) is 0 Å². The number of pyridine rings is 1. The number of hydrogen-bond donors (Lipinski definition) is 1. The van der Waals surface area contributed by atoms with Crippen LogP contribution in [0.15, 0.2) is 23.0 Å². The van der Waals surface area contributed by atoms with Gasteiger partial charge in [-0.1, -0.05) is 0 Å². The van der Waals surface area contributed by atoms with Crippen molar-refractivity contribution in [3.8, 4) is 0 Å². The van der Waals surface area contributed by atoms with Gasteiger partial charge in [0.25, 0.3) is 5.91 Å². The van der Waals surface area contributed by atoms with Crippen LogP contribution in [-0.4, -0.2) is 21.7 Å². The lowest BCUT2D eigenvalue weighted by Gasteiger charge is -2.06. The SMILES string of the molecule is CC(=O)c1ccc(CNC(=O)c2cscn2)nc1C. The quantitative estimate of drug-likeness (QED) is 0.866. The Morgan fingerprint density at radius 3 is 2.74 bits per heavy atom. The van der Waals surface area contributed by atoms with E-state index in [2.05, 4.69) is 15.3 Å². The van der Waals surface area contributed by atoms with Gasteiger partial charge in [-0.15, -0.1) is 11.3 Å². The van der Waals surface area contributed by atoms with Crippen LogP contribution in [0.4, 0.5) is 0 Å². The van der Waals surface area contributed by atoms with Crippen LogP contribution in [0.1, 0.15) is 39.2 Å². The topological polar surface area (TPSA) is 72.0 Å². The number of nitrogens with one attached hydrogen (secondary N) is 1. The molecule has 6 heteroatoms. The van der Waals surface area contributed by atoms with E-state index in [0.717, 1.165) is 0 Å². The van der Waals surface area contributed by atoms with Gasteiger partial charge in [0.1, 0.15) is 5.69 Å². The van der Waals surface area contributed by atoms with E-state index in [-0.39, 0.29) is 11.7 Å². The molecule has 0 saturated carbocycles.